The molecule has 1 saturated carbocycles. The maximum atomic E-state index is 12.9. The Balaban J connectivity index is 2.50. The second kappa shape index (κ2) is 6.09. The lowest BCUT2D eigenvalue weighted by atomic mass is 9.62. The molecular weight excluding hydrogens is 248 g/mol. The van der Waals surface area contributed by atoms with Crippen LogP contribution in [0, 0.1) is 0 Å². The number of benzene rings is 1. The second-order valence-electron chi connectivity index (χ2n) is 6.52. The molecule has 0 aromatic heterocycles. The molecule has 1 aromatic carbocycles. The average molecular weight is 274 g/mol. The number of rotatable bonds is 2. The molecule has 0 amide bonds. The van der Waals surface area contributed by atoms with Gasteiger partial charge >= 0.3 is 0 Å². The smallest absolute Gasteiger partial charge is 0.146 e. The van der Waals surface area contributed by atoms with Crippen LogP contribution in [-0.4, -0.2) is 16.5 Å². The van der Waals surface area contributed by atoms with Crippen molar-refractivity contribution in [2.45, 2.75) is 69.8 Å². The zero-order valence-electron chi connectivity index (χ0n) is 12.7. The van der Waals surface area contributed by atoms with E-state index >= 15 is 0 Å². The molecule has 1 aliphatic carbocycles. The van der Waals surface area contributed by atoms with Gasteiger partial charge in [0, 0.05) is 6.42 Å². The van der Waals surface area contributed by atoms with Gasteiger partial charge < -0.3 is 5.11 Å². The van der Waals surface area contributed by atoms with E-state index in [0.29, 0.717) is 6.42 Å². The van der Waals surface area contributed by atoms with Crippen molar-refractivity contribution in [3.63, 3.8) is 0 Å². The summed E-state index contributed by atoms with van der Waals surface area (Å²) in [6, 6.07) is 9.87. The standard InChI is InChI=1S/C18H26O2/c1-17(2,20)18(15-11-7-6-8-12-15)14-10-5-3-4-9-13-16(18)19/h6-8,11-12,20H,3-5,9-10,13-14H2,1-2H3/t18-/m0/s1. The van der Waals surface area contributed by atoms with Crippen molar-refractivity contribution in [1.29, 1.82) is 0 Å². The summed E-state index contributed by atoms with van der Waals surface area (Å²) in [6.45, 7) is 3.57. The lowest BCUT2D eigenvalue weighted by Crippen LogP contribution is -2.53. The molecule has 2 nitrogen and oxygen atoms in total. The summed E-state index contributed by atoms with van der Waals surface area (Å²) in [5.74, 6) is 0.207. The van der Waals surface area contributed by atoms with Gasteiger partial charge in [0.05, 0.1) is 11.0 Å². The van der Waals surface area contributed by atoms with Crippen molar-refractivity contribution in [3.8, 4) is 0 Å². The summed E-state index contributed by atoms with van der Waals surface area (Å²) in [5.41, 5.74) is -0.812. The Hall–Kier alpha value is -1.15. The molecule has 0 bridgehead atoms. The maximum absolute atomic E-state index is 12.9. The minimum atomic E-state index is -1.03. The van der Waals surface area contributed by atoms with Crippen molar-refractivity contribution < 1.29 is 9.90 Å². The first kappa shape index (κ1) is 15.2. The molecule has 0 radical (unpaired) electrons. The Kier molecular flexibility index (Phi) is 4.64. The maximum Gasteiger partial charge on any atom is 0.146 e. The molecule has 1 atom stereocenters. The summed E-state index contributed by atoms with van der Waals surface area (Å²) in [7, 11) is 0. The average Bonchev–Trinajstić information content (AvgIpc) is 2.50. The van der Waals surface area contributed by atoms with E-state index in [1.165, 1.54) is 6.42 Å². The molecule has 1 fully saturated rings. The van der Waals surface area contributed by atoms with Crippen LogP contribution in [0.5, 0.6) is 0 Å². The summed E-state index contributed by atoms with van der Waals surface area (Å²) < 4.78 is 0. The summed E-state index contributed by atoms with van der Waals surface area (Å²) in [5, 5.41) is 10.8. The lowest BCUT2D eigenvalue weighted by molar-refractivity contribution is -0.135. The van der Waals surface area contributed by atoms with E-state index in [1.807, 2.05) is 30.3 Å². The highest BCUT2D eigenvalue weighted by Crippen LogP contribution is 2.43. The van der Waals surface area contributed by atoms with E-state index in [4.69, 9.17) is 0 Å². The van der Waals surface area contributed by atoms with Crippen LogP contribution in [-0.2, 0) is 10.2 Å². The second-order valence-corrected chi connectivity index (χ2v) is 6.52. The van der Waals surface area contributed by atoms with E-state index in [1.54, 1.807) is 13.8 Å². The quantitative estimate of drug-likeness (QED) is 0.884. The number of aliphatic hydroxyl groups is 1. The van der Waals surface area contributed by atoms with Crippen molar-refractivity contribution >= 4 is 5.78 Å². The summed E-state index contributed by atoms with van der Waals surface area (Å²) >= 11 is 0. The van der Waals surface area contributed by atoms with Crippen LogP contribution in [0.4, 0.5) is 0 Å². The Morgan fingerprint density at radius 3 is 2.25 bits per heavy atom. The van der Waals surface area contributed by atoms with E-state index in [-0.39, 0.29) is 5.78 Å². The normalized spacial score (nSPS) is 25.6. The predicted octanol–water partition coefficient (Wildman–Crippen LogP) is 4.01. The van der Waals surface area contributed by atoms with E-state index in [2.05, 4.69) is 0 Å². The minimum Gasteiger partial charge on any atom is -0.389 e. The minimum absolute atomic E-state index is 0.207. The Bertz CT molecular complexity index is 444. The predicted molar refractivity (Wildman–Crippen MR) is 81.7 cm³/mol. The van der Waals surface area contributed by atoms with Gasteiger partial charge in [-0.1, -0.05) is 56.0 Å². The zero-order valence-corrected chi connectivity index (χ0v) is 12.7. The molecule has 1 N–H and O–H groups in total. The Labute approximate surface area is 122 Å². The van der Waals surface area contributed by atoms with Crippen molar-refractivity contribution in [2.24, 2.45) is 0 Å². The van der Waals surface area contributed by atoms with Crippen molar-refractivity contribution in [2.75, 3.05) is 0 Å². The molecule has 1 aromatic rings. The summed E-state index contributed by atoms with van der Waals surface area (Å²) in [6.07, 6.45) is 6.76. The molecule has 0 aliphatic heterocycles. The third kappa shape index (κ3) is 2.80. The molecule has 2 rings (SSSR count). The number of hydrogen-bond acceptors (Lipinski definition) is 2. The molecule has 0 spiro atoms. The Morgan fingerprint density at radius 2 is 1.60 bits per heavy atom. The van der Waals surface area contributed by atoms with Gasteiger partial charge in [0.25, 0.3) is 0 Å². The van der Waals surface area contributed by atoms with Gasteiger partial charge in [-0.05, 0) is 32.3 Å². The number of ketones is 1. The van der Waals surface area contributed by atoms with E-state index < -0.39 is 11.0 Å². The van der Waals surface area contributed by atoms with Crippen LogP contribution < -0.4 is 0 Å². The highest BCUT2D eigenvalue weighted by Gasteiger charge is 2.50. The first-order chi connectivity index (χ1) is 9.48. The number of hydrogen-bond donors (Lipinski definition) is 1. The van der Waals surface area contributed by atoms with Crippen molar-refractivity contribution in [1.82, 2.24) is 0 Å². The van der Waals surface area contributed by atoms with Crippen LogP contribution in [0.15, 0.2) is 30.3 Å². The van der Waals surface area contributed by atoms with Crippen LogP contribution in [0.3, 0.4) is 0 Å². The van der Waals surface area contributed by atoms with Gasteiger partial charge in [-0.2, -0.15) is 0 Å². The molecule has 110 valence electrons. The number of carbonyl (C=O) groups excluding carboxylic acids is 1. The summed E-state index contributed by atoms with van der Waals surface area (Å²) in [4.78, 5) is 12.9. The number of carbonyl (C=O) groups is 1. The molecule has 0 saturated heterocycles. The third-order valence-electron chi connectivity index (χ3n) is 4.74. The zero-order chi connectivity index (χ0) is 14.6. The topological polar surface area (TPSA) is 37.3 Å². The van der Waals surface area contributed by atoms with Gasteiger partial charge in [0.2, 0.25) is 0 Å². The monoisotopic (exact) mass is 274 g/mol. The first-order valence-electron chi connectivity index (χ1n) is 7.80. The van der Waals surface area contributed by atoms with Crippen LogP contribution in [0.2, 0.25) is 0 Å². The van der Waals surface area contributed by atoms with E-state index in [9.17, 15) is 9.90 Å². The van der Waals surface area contributed by atoms with Gasteiger partial charge in [0.1, 0.15) is 5.78 Å². The fourth-order valence-corrected chi connectivity index (χ4v) is 3.59. The lowest BCUT2D eigenvalue weighted by Gasteiger charge is -2.43. The molecule has 0 unspecified atom stereocenters. The van der Waals surface area contributed by atoms with Gasteiger partial charge in [0.15, 0.2) is 0 Å². The number of Topliss-reactive ketones (excluding diaryl/α,β-unsaturated/α-hetero) is 1. The van der Waals surface area contributed by atoms with E-state index in [0.717, 1.165) is 37.7 Å². The van der Waals surface area contributed by atoms with Gasteiger partial charge in [-0.25, -0.2) is 0 Å². The third-order valence-corrected chi connectivity index (χ3v) is 4.74. The molecule has 20 heavy (non-hydrogen) atoms. The highest BCUT2D eigenvalue weighted by atomic mass is 16.3. The fraction of sp³-hybridized carbons (Fsp3) is 0.611. The fourth-order valence-electron chi connectivity index (χ4n) is 3.59. The van der Waals surface area contributed by atoms with Gasteiger partial charge in [-0.15, -0.1) is 0 Å². The molecular formula is C18H26O2. The van der Waals surface area contributed by atoms with Gasteiger partial charge in [-0.3, -0.25) is 4.79 Å². The Morgan fingerprint density at radius 1 is 1.00 bits per heavy atom. The largest absolute Gasteiger partial charge is 0.389 e. The molecule has 2 heteroatoms. The van der Waals surface area contributed by atoms with Crippen LogP contribution in [0.1, 0.15) is 64.4 Å². The first-order valence-corrected chi connectivity index (χ1v) is 7.80. The van der Waals surface area contributed by atoms with Crippen LogP contribution >= 0.6 is 0 Å². The van der Waals surface area contributed by atoms with Crippen molar-refractivity contribution in [3.05, 3.63) is 35.9 Å². The molecule has 1 aliphatic rings. The highest BCUT2D eigenvalue weighted by molar-refractivity contribution is 5.91. The SMILES string of the molecule is CC(C)(O)[C@]1(c2ccccc2)CCCCCCCC1=O. The van der Waals surface area contributed by atoms with Crippen LogP contribution in [0.25, 0.3) is 0 Å². The molecule has 0 heterocycles.